The summed E-state index contributed by atoms with van der Waals surface area (Å²) in [5.74, 6) is 1.77. The van der Waals surface area contributed by atoms with Gasteiger partial charge in [-0.15, -0.1) is 0 Å². The fourth-order valence-electron chi connectivity index (χ4n) is 7.62. The van der Waals surface area contributed by atoms with Gasteiger partial charge >= 0.3 is 0 Å². The van der Waals surface area contributed by atoms with E-state index in [0.29, 0.717) is 17.4 Å². The van der Waals surface area contributed by atoms with Gasteiger partial charge in [0.25, 0.3) is 5.82 Å². The molecule has 4 aliphatic heterocycles. The molecular formula is C30H34N7+. The molecule has 6 rings (SSSR count). The van der Waals surface area contributed by atoms with Crippen molar-refractivity contribution >= 4 is 11.5 Å². The lowest BCUT2D eigenvalue weighted by molar-refractivity contribution is -0.699. The minimum Gasteiger partial charge on any atom is -0.359 e. The fourth-order valence-corrected chi connectivity index (χ4v) is 7.62. The first-order valence-electron chi connectivity index (χ1n) is 13.3. The monoisotopic (exact) mass is 492 g/mol. The third kappa shape index (κ3) is 3.27. The van der Waals surface area contributed by atoms with Crippen molar-refractivity contribution < 1.29 is 4.57 Å². The van der Waals surface area contributed by atoms with Gasteiger partial charge in [0.05, 0.1) is 29.7 Å². The topological polar surface area (TPSA) is 64.4 Å². The molecule has 188 valence electrons. The molecule has 0 bridgehead atoms. The second-order valence-corrected chi connectivity index (χ2v) is 10.9. The second kappa shape index (κ2) is 8.56. The van der Waals surface area contributed by atoms with Crippen LogP contribution >= 0.6 is 0 Å². The van der Waals surface area contributed by atoms with Crippen molar-refractivity contribution in [2.24, 2.45) is 11.8 Å². The number of nitriles is 2. The first-order chi connectivity index (χ1) is 17.9. The van der Waals surface area contributed by atoms with E-state index in [0.717, 1.165) is 37.2 Å². The summed E-state index contributed by atoms with van der Waals surface area (Å²) >= 11 is 0. The van der Waals surface area contributed by atoms with E-state index in [2.05, 4.69) is 107 Å². The number of rotatable bonds is 3. The number of nitrogens with zero attached hydrogens (tertiary/aromatic N) is 7. The van der Waals surface area contributed by atoms with Crippen LogP contribution in [0.25, 0.3) is 0 Å². The van der Waals surface area contributed by atoms with Crippen molar-refractivity contribution in [3.8, 4) is 12.1 Å². The Morgan fingerprint density at radius 3 is 2.35 bits per heavy atom. The number of benzene rings is 1. The van der Waals surface area contributed by atoms with Crippen LogP contribution in [0.5, 0.6) is 0 Å². The number of aromatic nitrogens is 1. The molecule has 0 fully saturated rings. The molecule has 1 aromatic carbocycles. The Kier molecular flexibility index (Phi) is 5.42. The highest BCUT2D eigenvalue weighted by molar-refractivity contribution is 5.64. The van der Waals surface area contributed by atoms with E-state index >= 15 is 0 Å². The van der Waals surface area contributed by atoms with Crippen LogP contribution in [0.1, 0.15) is 49.8 Å². The average molecular weight is 493 g/mol. The molecule has 7 nitrogen and oxygen atoms in total. The zero-order chi connectivity index (χ0) is 25.9. The van der Waals surface area contributed by atoms with Gasteiger partial charge in [0.15, 0.2) is 6.17 Å². The molecule has 0 saturated heterocycles. The maximum Gasteiger partial charge on any atom is 0.283 e. The summed E-state index contributed by atoms with van der Waals surface area (Å²) < 4.78 is 2.28. The largest absolute Gasteiger partial charge is 0.359 e. The van der Waals surface area contributed by atoms with Crippen molar-refractivity contribution in [3.63, 3.8) is 0 Å². The van der Waals surface area contributed by atoms with E-state index in [-0.39, 0.29) is 17.7 Å². The molecule has 7 heteroatoms. The Balaban J connectivity index is 1.56. The molecule has 0 spiro atoms. The molecule has 0 N–H and O–H groups in total. The van der Waals surface area contributed by atoms with Gasteiger partial charge in [-0.25, -0.2) is 9.47 Å². The number of hydrogen-bond acceptors (Lipinski definition) is 6. The predicted molar refractivity (Wildman–Crippen MR) is 143 cm³/mol. The minimum absolute atomic E-state index is 0.0914. The van der Waals surface area contributed by atoms with E-state index < -0.39 is 0 Å². The molecule has 5 heterocycles. The Morgan fingerprint density at radius 1 is 0.919 bits per heavy atom. The molecule has 0 radical (unpaired) electrons. The maximum atomic E-state index is 9.85. The number of pyridine rings is 1. The Hall–Kier alpha value is -3.97. The van der Waals surface area contributed by atoms with Crippen LogP contribution in [0.4, 0.5) is 11.5 Å². The molecule has 4 aliphatic rings. The van der Waals surface area contributed by atoms with Crippen LogP contribution in [0.15, 0.2) is 61.3 Å². The SMILES string of the molecule is CCC1(CC)c2cc(C#N)ccc2N2C=CN(C)C2CC1C1C[n+]2cc(C#N)ccc2N2C=CN(C)C12. The molecule has 0 saturated carbocycles. The maximum absolute atomic E-state index is 9.85. The Labute approximate surface area is 219 Å². The van der Waals surface area contributed by atoms with Gasteiger partial charge in [0, 0.05) is 49.9 Å². The van der Waals surface area contributed by atoms with Gasteiger partial charge < -0.3 is 14.7 Å². The van der Waals surface area contributed by atoms with Gasteiger partial charge in [-0.05, 0) is 55.0 Å². The van der Waals surface area contributed by atoms with Crippen molar-refractivity contribution in [1.29, 1.82) is 10.5 Å². The molecule has 4 atom stereocenters. The standard InChI is InChI=1S/C30H34N7/c1-5-30(6-2)24(16-28-33(3)11-13-36(28)26-9-7-21(17-31)15-25(26)30)23-20-35-19-22(18-32)8-10-27(35)37-14-12-34(4)29(23)37/h7-15,19,23-24,28-29H,5-6,16,20H2,1-4H3/q+1. The van der Waals surface area contributed by atoms with Gasteiger partial charge in [-0.2, -0.15) is 10.5 Å². The number of hydrogen-bond donors (Lipinski definition) is 0. The lowest BCUT2D eigenvalue weighted by atomic mass is 9.60. The van der Waals surface area contributed by atoms with E-state index in [4.69, 9.17) is 0 Å². The predicted octanol–water partition coefficient (Wildman–Crippen LogP) is 4.22. The zero-order valence-electron chi connectivity index (χ0n) is 22.0. The summed E-state index contributed by atoms with van der Waals surface area (Å²) in [5.41, 5.74) is 3.84. The lowest BCUT2D eigenvalue weighted by Gasteiger charge is -2.48. The number of fused-ring (bicyclic) bond motifs is 6. The normalized spacial score (nSPS) is 26.6. The molecule has 0 aliphatic carbocycles. The summed E-state index contributed by atoms with van der Waals surface area (Å²) in [6, 6.07) is 15.0. The molecule has 0 amide bonds. The van der Waals surface area contributed by atoms with Crippen molar-refractivity contribution in [1.82, 2.24) is 9.80 Å². The molecule has 4 unspecified atom stereocenters. The minimum atomic E-state index is -0.0914. The van der Waals surface area contributed by atoms with Gasteiger partial charge in [-0.3, -0.25) is 0 Å². The van der Waals surface area contributed by atoms with E-state index in [1.165, 1.54) is 11.3 Å². The highest BCUT2D eigenvalue weighted by atomic mass is 15.4. The van der Waals surface area contributed by atoms with E-state index in [1.807, 2.05) is 18.3 Å². The molecular weight excluding hydrogens is 458 g/mol. The average Bonchev–Trinajstić information content (AvgIpc) is 3.46. The summed E-state index contributed by atoms with van der Waals surface area (Å²) in [4.78, 5) is 9.50. The highest BCUT2D eigenvalue weighted by Gasteiger charge is 2.56. The second-order valence-electron chi connectivity index (χ2n) is 10.9. The van der Waals surface area contributed by atoms with Crippen LogP contribution in [-0.2, 0) is 12.0 Å². The van der Waals surface area contributed by atoms with Crippen LogP contribution < -0.4 is 14.4 Å². The molecule has 2 aromatic rings. The van der Waals surface area contributed by atoms with Crippen LogP contribution in [0.2, 0.25) is 0 Å². The smallest absolute Gasteiger partial charge is 0.283 e. The van der Waals surface area contributed by atoms with E-state index in [9.17, 15) is 10.5 Å². The zero-order valence-corrected chi connectivity index (χ0v) is 22.0. The third-order valence-electron chi connectivity index (χ3n) is 9.50. The van der Waals surface area contributed by atoms with Crippen LogP contribution in [0.3, 0.4) is 0 Å². The Bertz CT molecular complexity index is 1380. The fraction of sp³-hybridized carbons (Fsp3) is 0.433. The first-order valence-corrected chi connectivity index (χ1v) is 13.3. The van der Waals surface area contributed by atoms with Crippen molar-refractivity contribution in [2.75, 3.05) is 23.9 Å². The van der Waals surface area contributed by atoms with Crippen LogP contribution in [0, 0.1) is 34.5 Å². The molecule has 1 aromatic heterocycles. The summed E-state index contributed by atoms with van der Waals surface area (Å²) in [7, 11) is 4.35. The Morgan fingerprint density at radius 2 is 1.62 bits per heavy atom. The first kappa shape index (κ1) is 23.4. The van der Waals surface area contributed by atoms with Gasteiger partial charge in [-0.1, -0.05) is 13.8 Å². The lowest BCUT2D eigenvalue weighted by Crippen LogP contribution is -2.62. The van der Waals surface area contributed by atoms with E-state index in [1.54, 1.807) is 0 Å². The quantitative estimate of drug-likeness (QED) is 0.598. The van der Waals surface area contributed by atoms with Crippen molar-refractivity contribution in [2.45, 2.75) is 57.4 Å². The summed E-state index contributed by atoms with van der Waals surface area (Å²) in [6.45, 7) is 5.49. The van der Waals surface area contributed by atoms with Gasteiger partial charge in [0.1, 0.15) is 24.6 Å². The molecule has 37 heavy (non-hydrogen) atoms. The summed E-state index contributed by atoms with van der Waals surface area (Å²) in [5, 5.41) is 19.5. The van der Waals surface area contributed by atoms with Crippen LogP contribution in [-0.4, -0.2) is 36.2 Å². The third-order valence-corrected chi connectivity index (χ3v) is 9.50. The van der Waals surface area contributed by atoms with Gasteiger partial charge in [0.2, 0.25) is 0 Å². The highest BCUT2D eigenvalue weighted by Crippen LogP contribution is 2.54. The number of anilines is 2. The van der Waals surface area contributed by atoms with Crippen molar-refractivity contribution in [3.05, 3.63) is 78.0 Å². The summed E-state index contributed by atoms with van der Waals surface area (Å²) in [6.07, 6.45) is 14.2.